The fourth-order valence-electron chi connectivity index (χ4n) is 1.16. The van der Waals surface area contributed by atoms with E-state index in [-0.39, 0.29) is 5.91 Å². The van der Waals surface area contributed by atoms with Crippen molar-refractivity contribution in [1.29, 1.82) is 0 Å². The van der Waals surface area contributed by atoms with Gasteiger partial charge in [-0.1, -0.05) is 0 Å². The van der Waals surface area contributed by atoms with Crippen LogP contribution in [0.3, 0.4) is 0 Å². The van der Waals surface area contributed by atoms with Crippen LogP contribution in [0.1, 0.15) is 18.7 Å². The lowest BCUT2D eigenvalue weighted by Gasteiger charge is -2.05. The fourth-order valence-corrected chi connectivity index (χ4v) is 1.16. The largest absolute Gasteiger partial charge is 0.384 e. The third kappa shape index (κ3) is 4.26. The Morgan fingerprint density at radius 1 is 1.53 bits per heavy atom. The summed E-state index contributed by atoms with van der Waals surface area (Å²) in [5.41, 5.74) is 10.6. The lowest BCUT2D eigenvalue weighted by atomic mass is 10.3. The van der Waals surface area contributed by atoms with Crippen LogP contribution in [0.4, 0.5) is 11.6 Å². The number of nitrogens with one attached hydrogen (secondary N) is 1. The second kappa shape index (κ2) is 5.14. The number of nitrogen functional groups attached to an aromatic ring is 1. The molecule has 1 heterocycles. The van der Waals surface area contributed by atoms with E-state index < -0.39 is 0 Å². The quantitative estimate of drug-likeness (QED) is 0.594. The fraction of sp³-hybridized carbons (Fsp3) is 0.444. The Labute approximate surface area is 88.1 Å². The maximum atomic E-state index is 10.5. The predicted octanol–water partition coefficient (Wildman–Crippen LogP) is 0.0446. The van der Waals surface area contributed by atoms with Gasteiger partial charge in [0.25, 0.3) is 0 Å². The van der Waals surface area contributed by atoms with Gasteiger partial charge in [-0.3, -0.25) is 4.79 Å². The van der Waals surface area contributed by atoms with Crippen LogP contribution in [0.2, 0.25) is 0 Å². The minimum absolute atomic E-state index is 0.296. The zero-order chi connectivity index (χ0) is 11.3. The van der Waals surface area contributed by atoms with Crippen molar-refractivity contribution in [2.24, 2.45) is 5.73 Å². The summed E-state index contributed by atoms with van der Waals surface area (Å²) in [4.78, 5) is 18.5. The monoisotopic (exact) mass is 209 g/mol. The van der Waals surface area contributed by atoms with Crippen LogP contribution in [0.15, 0.2) is 6.07 Å². The molecule has 5 N–H and O–H groups in total. The number of amides is 1. The van der Waals surface area contributed by atoms with E-state index in [1.54, 1.807) is 13.0 Å². The van der Waals surface area contributed by atoms with Crippen molar-refractivity contribution in [2.75, 3.05) is 17.6 Å². The first kappa shape index (κ1) is 11.2. The first-order valence-electron chi connectivity index (χ1n) is 4.71. The van der Waals surface area contributed by atoms with Crippen LogP contribution in [-0.2, 0) is 4.79 Å². The number of nitrogens with zero attached hydrogens (tertiary/aromatic N) is 2. The molecule has 15 heavy (non-hydrogen) atoms. The molecule has 1 aromatic rings. The van der Waals surface area contributed by atoms with Crippen LogP contribution in [0, 0.1) is 6.92 Å². The normalized spacial score (nSPS) is 9.93. The van der Waals surface area contributed by atoms with Crippen molar-refractivity contribution < 1.29 is 4.79 Å². The number of carbonyl (C=O) groups is 1. The Morgan fingerprint density at radius 2 is 2.27 bits per heavy atom. The van der Waals surface area contributed by atoms with Crippen LogP contribution in [0.25, 0.3) is 0 Å². The summed E-state index contributed by atoms with van der Waals surface area (Å²) in [6.45, 7) is 2.41. The Bertz CT molecular complexity index is 332. The average molecular weight is 209 g/mol. The molecule has 0 bridgehead atoms. The van der Waals surface area contributed by atoms with Crippen LogP contribution in [0.5, 0.6) is 0 Å². The number of primary amides is 1. The maximum absolute atomic E-state index is 10.5. The zero-order valence-corrected chi connectivity index (χ0v) is 8.66. The van der Waals surface area contributed by atoms with Gasteiger partial charge in [0.1, 0.15) is 17.5 Å². The van der Waals surface area contributed by atoms with E-state index in [1.807, 2.05) is 0 Å². The van der Waals surface area contributed by atoms with Crippen molar-refractivity contribution in [3.63, 3.8) is 0 Å². The molecule has 0 aliphatic heterocycles. The molecule has 82 valence electrons. The predicted molar refractivity (Wildman–Crippen MR) is 58.1 cm³/mol. The third-order valence-corrected chi connectivity index (χ3v) is 1.76. The van der Waals surface area contributed by atoms with Gasteiger partial charge in [0.05, 0.1) is 0 Å². The molecule has 0 atom stereocenters. The minimum atomic E-state index is -0.296. The van der Waals surface area contributed by atoms with Gasteiger partial charge in [-0.2, -0.15) is 0 Å². The van der Waals surface area contributed by atoms with Crippen LogP contribution in [-0.4, -0.2) is 22.4 Å². The van der Waals surface area contributed by atoms with Crippen molar-refractivity contribution in [3.05, 3.63) is 11.9 Å². The van der Waals surface area contributed by atoms with E-state index in [0.717, 1.165) is 0 Å². The summed E-state index contributed by atoms with van der Waals surface area (Å²) in [5, 5.41) is 3.04. The smallest absolute Gasteiger partial charge is 0.217 e. The summed E-state index contributed by atoms with van der Waals surface area (Å²) in [5.74, 6) is 1.42. The highest BCUT2D eigenvalue weighted by molar-refractivity contribution is 5.73. The second-order valence-corrected chi connectivity index (χ2v) is 3.22. The molecule has 1 amide bonds. The molecule has 6 heteroatoms. The Kier molecular flexibility index (Phi) is 3.84. The maximum Gasteiger partial charge on any atom is 0.217 e. The third-order valence-electron chi connectivity index (χ3n) is 1.76. The molecule has 0 aliphatic carbocycles. The van der Waals surface area contributed by atoms with Crippen LogP contribution >= 0.6 is 0 Å². The number of anilines is 2. The molecular formula is C9H15N5O. The number of nitrogens with two attached hydrogens (primary N) is 2. The molecule has 0 saturated heterocycles. The Morgan fingerprint density at radius 3 is 2.87 bits per heavy atom. The number of aromatic nitrogens is 2. The standard InChI is InChI=1S/C9H15N5O/c1-6-13-7(10)5-9(14-6)12-4-2-3-8(11)15/h5H,2-4H2,1H3,(H2,11,15)(H3,10,12,13,14). The highest BCUT2D eigenvalue weighted by Gasteiger charge is 1.99. The highest BCUT2D eigenvalue weighted by Crippen LogP contribution is 2.07. The summed E-state index contributed by atoms with van der Waals surface area (Å²) in [6, 6.07) is 1.65. The van der Waals surface area contributed by atoms with Gasteiger partial charge in [-0.05, 0) is 13.3 Å². The summed E-state index contributed by atoms with van der Waals surface area (Å²) < 4.78 is 0. The molecule has 0 aromatic carbocycles. The molecule has 0 radical (unpaired) electrons. The van der Waals surface area contributed by atoms with E-state index in [9.17, 15) is 4.79 Å². The molecule has 0 spiro atoms. The molecule has 0 unspecified atom stereocenters. The lowest BCUT2D eigenvalue weighted by Crippen LogP contribution is -2.13. The SMILES string of the molecule is Cc1nc(N)cc(NCCCC(N)=O)n1. The van der Waals surface area contributed by atoms with Crippen molar-refractivity contribution in [2.45, 2.75) is 19.8 Å². The molecule has 1 rings (SSSR count). The van der Waals surface area contributed by atoms with Gasteiger partial charge in [-0.25, -0.2) is 9.97 Å². The van der Waals surface area contributed by atoms with Gasteiger partial charge in [0, 0.05) is 19.0 Å². The lowest BCUT2D eigenvalue weighted by molar-refractivity contribution is -0.118. The number of hydrogen-bond donors (Lipinski definition) is 3. The molecule has 0 saturated carbocycles. The minimum Gasteiger partial charge on any atom is -0.384 e. The van der Waals surface area contributed by atoms with Gasteiger partial charge < -0.3 is 16.8 Å². The van der Waals surface area contributed by atoms with E-state index in [2.05, 4.69) is 15.3 Å². The van der Waals surface area contributed by atoms with Crippen LogP contribution < -0.4 is 16.8 Å². The average Bonchev–Trinajstić information content (AvgIpc) is 2.10. The first-order valence-corrected chi connectivity index (χ1v) is 4.71. The number of hydrogen-bond acceptors (Lipinski definition) is 5. The van der Waals surface area contributed by atoms with Crippen molar-refractivity contribution >= 4 is 17.5 Å². The van der Waals surface area contributed by atoms with Gasteiger partial charge in [0.2, 0.25) is 5.91 Å². The number of carbonyl (C=O) groups excluding carboxylic acids is 1. The Hall–Kier alpha value is -1.85. The first-order chi connectivity index (χ1) is 7.08. The molecule has 0 aliphatic rings. The number of rotatable bonds is 5. The van der Waals surface area contributed by atoms with Gasteiger partial charge in [0.15, 0.2) is 0 Å². The molecule has 0 fully saturated rings. The van der Waals surface area contributed by atoms with E-state index >= 15 is 0 Å². The van der Waals surface area contributed by atoms with Gasteiger partial charge in [-0.15, -0.1) is 0 Å². The summed E-state index contributed by atoms with van der Waals surface area (Å²) in [7, 11) is 0. The van der Waals surface area contributed by atoms with E-state index in [0.29, 0.717) is 36.8 Å². The number of aryl methyl sites for hydroxylation is 1. The highest BCUT2D eigenvalue weighted by atomic mass is 16.1. The zero-order valence-electron chi connectivity index (χ0n) is 8.66. The van der Waals surface area contributed by atoms with Gasteiger partial charge >= 0.3 is 0 Å². The summed E-state index contributed by atoms with van der Waals surface area (Å²) in [6.07, 6.45) is 1.05. The van der Waals surface area contributed by atoms with Crippen molar-refractivity contribution in [3.8, 4) is 0 Å². The second-order valence-electron chi connectivity index (χ2n) is 3.22. The molecule has 6 nitrogen and oxygen atoms in total. The summed E-state index contributed by atoms with van der Waals surface area (Å²) >= 11 is 0. The topological polar surface area (TPSA) is 107 Å². The molecule has 1 aromatic heterocycles. The molecular weight excluding hydrogens is 194 g/mol. The van der Waals surface area contributed by atoms with E-state index in [1.165, 1.54) is 0 Å². The van der Waals surface area contributed by atoms with E-state index in [4.69, 9.17) is 11.5 Å². The Balaban J connectivity index is 2.40. The van der Waals surface area contributed by atoms with Crippen molar-refractivity contribution in [1.82, 2.24) is 9.97 Å².